The van der Waals surface area contributed by atoms with Gasteiger partial charge in [-0.25, -0.2) is 9.97 Å². The van der Waals surface area contributed by atoms with Crippen LogP contribution in [-0.2, 0) is 0 Å². The minimum Gasteiger partial charge on any atom is -0.311 e. The summed E-state index contributed by atoms with van der Waals surface area (Å²) in [5.74, 6) is 0.611. The minimum absolute atomic E-state index is 0.611. The van der Waals surface area contributed by atoms with Crippen molar-refractivity contribution in [3.8, 4) is 84.3 Å². The second-order valence-corrected chi connectivity index (χ2v) is 30.5. The fraction of sp³-hybridized carbons (Fsp3) is 0. The Labute approximate surface area is 695 Å². The number of rotatable bonds is 18. The average Bonchev–Trinajstić information content (AvgIpc) is 1.63. The summed E-state index contributed by atoms with van der Waals surface area (Å²) in [6.07, 6.45) is 0. The molecule has 0 unspecified atom stereocenters. The maximum absolute atomic E-state index is 5.67. The predicted molar refractivity (Wildman–Crippen MR) is 502 cm³/mol. The predicted octanol–water partition coefficient (Wildman–Crippen LogP) is 30.2. The van der Waals surface area contributed by atoms with Gasteiger partial charge in [-0.1, -0.05) is 255 Å². The van der Waals surface area contributed by atoms with Crippen LogP contribution in [0.3, 0.4) is 0 Å². The van der Waals surface area contributed by atoms with Gasteiger partial charge >= 0.3 is 0 Å². The lowest BCUT2D eigenvalue weighted by Crippen LogP contribution is -2.09. The fourth-order valence-electron chi connectivity index (χ4n) is 17.8. The van der Waals surface area contributed by atoms with Crippen LogP contribution in [-0.4, -0.2) is 23.7 Å². The number of fused-ring (bicyclic) bond motifs is 9. The van der Waals surface area contributed by atoms with Crippen molar-refractivity contribution in [2.24, 2.45) is 0 Å². The summed E-state index contributed by atoms with van der Waals surface area (Å²) in [5, 5.41) is 7.04. The first-order valence-corrected chi connectivity index (χ1v) is 40.8. The van der Waals surface area contributed by atoms with Crippen molar-refractivity contribution < 1.29 is 0 Å². The molecule has 4 heterocycles. The molecule has 18 aromatic carbocycles. The van der Waals surface area contributed by atoms with Gasteiger partial charge in [0.15, 0.2) is 5.82 Å². The zero-order valence-electron chi connectivity index (χ0n) is 65.5. The van der Waals surface area contributed by atoms with Crippen LogP contribution in [0.4, 0.5) is 51.2 Å². The second-order valence-electron chi connectivity index (χ2n) is 30.5. The fourth-order valence-corrected chi connectivity index (χ4v) is 17.8. The molecule has 22 aromatic rings. The Morgan fingerprint density at radius 3 is 0.675 bits per heavy atom. The Morgan fingerprint density at radius 2 is 0.383 bits per heavy atom. The molecule has 0 atom stereocenters. The van der Waals surface area contributed by atoms with E-state index in [4.69, 9.17) is 9.97 Å². The van der Waals surface area contributed by atoms with E-state index in [1.54, 1.807) is 0 Å². The molecule has 120 heavy (non-hydrogen) atoms. The van der Waals surface area contributed by atoms with Crippen molar-refractivity contribution in [3.05, 3.63) is 461 Å². The van der Waals surface area contributed by atoms with Crippen molar-refractivity contribution in [1.29, 1.82) is 0 Å². The minimum atomic E-state index is 0.611. The van der Waals surface area contributed by atoms with Gasteiger partial charge in [-0.15, -0.1) is 0 Å². The normalized spacial score (nSPS) is 11.5. The largest absolute Gasteiger partial charge is 0.311 e. The van der Waals surface area contributed by atoms with Crippen LogP contribution in [0.1, 0.15) is 0 Å². The third-order valence-electron chi connectivity index (χ3n) is 23.4. The van der Waals surface area contributed by atoms with E-state index >= 15 is 0 Å². The van der Waals surface area contributed by atoms with E-state index in [1.165, 1.54) is 32.3 Å². The highest BCUT2D eigenvalue weighted by Gasteiger charge is 2.23. The summed E-state index contributed by atoms with van der Waals surface area (Å²) in [6.45, 7) is 0. The number of benzene rings is 18. The molecule has 0 aliphatic carbocycles. The van der Waals surface area contributed by atoms with Crippen LogP contribution in [0.15, 0.2) is 461 Å². The summed E-state index contributed by atoms with van der Waals surface area (Å²) in [6, 6.07) is 166. The zero-order valence-corrected chi connectivity index (χ0v) is 65.5. The lowest BCUT2D eigenvalue weighted by molar-refractivity contribution is 1.15. The SMILES string of the molecule is c1ccc(N(c2ccccc2)c2ccc(-c3ccc4c(c3)c3ccccc3n4-c3cccc(-c4cc(-c5cccc(-n6c7ccccc7c7cc(-c8ccc(N(c9ccccc9)c9ccccc9)cc8)ccc76)c5)nc(-c5cccc(-n6c7ccccc7c7cc(-c8ccc(N(c9ccccc9)c9ccccc9)cc8)ccc76)c5)n4)c3)cc2)cc1. The van der Waals surface area contributed by atoms with Crippen molar-refractivity contribution in [1.82, 2.24) is 23.7 Å². The standard InChI is InChI=1S/C112H76N8/c1-7-31-86(32-8-1)115(87-33-9-2-10-34-87)92-61-52-77(53-62-92)80-58-67-109-101(73-80)98-46-19-22-49-106(98)118(109)95-43-25-28-83(70-95)104-76-105(84-29-26-44-96(71-84)119-107-50-23-20-47-99(107)102-74-81(59-68-110(102)119)78-54-63-93(64-55-78)116(88-35-11-3-12-36-88)89-37-13-4-14-38-89)114-112(113-104)85-30-27-45-97(72-85)120-108-51-24-21-48-100(108)103-75-82(60-69-111(103)120)79-56-65-94(66-57-79)117(90-39-15-5-16-40-90)91-41-17-6-18-42-91/h1-76H. The van der Waals surface area contributed by atoms with Crippen LogP contribution < -0.4 is 14.7 Å². The van der Waals surface area contributed by atoms with E-state index < -0.39 is 0 Å². The smallest absolute Gasteiger partial charge is 0.160 e. The van der Waals surface area contributed by atoms with Crippen LogP contribution in [0.5, 0.6) is 0 Å². The summed E-state index contributed by atoms with van der Waals surface area (Å²) < 4.78 is 7.20. The Kier molecular flexibility index (Phi) is 17.8. The highest BCUT2D eigenvalue weighted by Crippen LogP contribution is 2.45. The summed E-state index contributed by atoms with van der Waals surface area (Å²) in [4.78, 5) is 18.3. The molecule has 0 N–H and O–H groups in total. The van der Waals surface area contributed by atoms with Gasteiger partial charge in [0.25, 0.3) is 0 Å². The molecule has 564 valence electrons. The molecule has 4 aromatic heterocycles. The van der Waals surface area contributed by atoms with Crippen LogP contribution in [0.25, 0.3) is 150 Å². The van der Waals surface area contributed by atoms with E-state index in [0.717, 1.165) is 163 Å². The molecular formula is C112H76N8. The molecule has 0 saturated carbocycles. The molecular weight excluding hydrogens is 1460 g/mol. The van der Waals surface area contributed by atoms with E-state index in [1.807, 2.05) is 0 Å². The average molecular weight is 1530 g/mol. The maximum Gasteiger partial charge on any atom is 0.160 e. The van der Waals surface area contributed by atoms with Crippen LogP contribution in [0, 0.1) is 0 Å². The lowest BCUT2D eigenvalue weighted by atomic mass is 10.0. The van der Waals surface area contributed by atoms with Crippen LogP contribution >= 0.6 is 0 Å². The molecule has 0 fully saturated rings. The highest BCUT2D eigenvalue weighted by atomic mass is 15.2. The first-order valence-electron chi connectivity index (χ1n) is 40.8. The van der Waals surface area contributed by atoms with E-state index in [2.05, 4.69) is 489 Å². The number of nitrogens with zero attached hydrogens (tertiary/aromatic N) is 8. The van der Waals surface area contributed by atoms with Gasteiger partial charge in [-0.05, 0) is 240 Å². The first kappa shape index (κ1) is 70.5. The van der Waals surface area contributed by atoms with E-state index in [9.17, 15) is 0 Å². The van der Waals surface area contributed by atoms with Gasteiger partial charge in [0.1, 0.15) is 0 Å². The summed E-state index contributed by atoms with van der Waals surface area (Å²) >= 11 is 0. The molecule has 0 amide bonds. The Hall–Kier alpha value is -16.2. The highest BCUT2D eigenvalue weighted by molar-refractivity contribution is 6.13. The number of anilines is 9. The van der Waals surface area contributed by atoms with E-state index in [-0.39, 0.29) is 0 Å². The Bertz CT molecular complexity index is 6710. The number of hydrogen-bond donors (Lipinski definition) is 0. The summed E-state index contributed by atoms with van der Waals surface area (Å²) in [5.41, 5.74) is 30.9. The topological polar surface area (TPSA) is 50.3 Å². The quantitative estimate of drug-likeness (QED) is 0.0857. The number of hydrogen-bond acceptors (Lipinski definition) is 5. The molecule has 0 spiro atoms. The van der Waals surface area contributed by atoms with Gasteiger partial charge < -0.3 is 28.4 Å². The van der Waals surface area contributed by atoms with Gasteiger partial charge in [0, 0.05) is 117 Å². The third kappa shape index (κ3) is 12.9. The molecule has 22 rings (SSSR count). The lowest BCUT2D eigenvalue weighted by Gasteiger charge is -2.25. The maximum atomic E-state index is 5.67. The molecule has 0 saturated heterocycles. The Morgan fingerprint density at radius 1 is 0.150 bits per heavy atom. The van der Waals surface area contributed by atoms with Crippen molar-refractivity contribution in [3.63, 3.8) is 0 Å². The summed E-state index contributed by atoms with van der Waals surface area (Å²) in [7, 11) is 0. The molecule has 0 bridgehead atoms. The third-order valence-corrected chi connectivity index (χ3v) is 23.4. The van der Waals surface area contributed by atoms with Gasteiger partial charge in [0.05, 0.1) is 44.5 Å². The van der Waals surface area contributed by atoms with Crippen LogP contribution in [0.2, 0.25) is 0 Å². The van der Waals surface area contributed by atoms with Gasteiger partial charge in [-0.2, -0.15) is 0 Å². The van der Waals surface area contributed by atoms with E-state index in [0.29, 0.717) is 5.82 Å². The van der Waals surface area contributed by atoms with Gasteiger partial charge in [0.2, 0.25) is 0 Å². The molecule has 8 heteroatoms. The molecule has 8 nitrogen and oxygen atoms in total. The Balaban J connectivity index is 0.646. The van der Waals surface area contributed by atoms with Gasteiger partial charge in [-0.3, -0.25) is 0 Å². The molecule has 0 aliphatic heterocycles. The molecule has 0 radical (unpaired) electrons. The first-order chi connectivity index (χ1) is 59.5. The second kappa shape index (κ2) is 30.2. The zero-order chi connectivity index (χ0) is 79.4. The van der Waals surface area contributed by atoms with Crippen molar-refractivity contribution in [2.75, 3.05) is 14.7 Å². The van der Waals surface area contributed by atoms with Crippen molar-refractivity contribution in [2.45, 2.75) is 0 Å². The van der Waals surface area contributed by atoms with Crippen molar-refractivity contribution >= 4 is 117 Å². The number of para-hydroxylation sites is 9. The monoisotopic (exact) mass is 1530 g/mol. The number of aromatic nitrogens is 5. The molecule has 0 aliphatic rings.